The van der Waals surface area contributed by atoms with Crippen LogP contribution in [0.2, 0.25) is 0 Å². The van der Waals surface area contributed by atoms with Gasteiger partial charge >= 0.3 is 0 Å². The number of likely N-dealkylation sites (tertiary alicyclic amines) is 1. The monoisotopic (exact) mass is 360 g/mol. The van der Waals surface area contributed by atoms with E-state index in [-0.39, 0.29) is 30.3 Å². The Morgan fingerprint density at radius 3 is 3.00 bits per heavy atom. The number of aromatic nitrogens is 2. The van der Waals surface area contributed by atoms with Crippen molar-refractivity contribution in [2.45, 2.75) is 51.1 Å². The summed E-state index contributed by atoms with van der Waals surface area (Å²) in [4.78, 5) is 19.0. The Morgan fingerprint density at radius 2 is 2.35 bits per heavy atom. The van der Waals surface area contributed by atoms with Crippen LogP contribution in [0.1, 0.15) is 56.8 Å². The predicted octanol–water partition coefficient (Wildman–Crippen LogP) is 2.37. The van der Waals surface area contributed by atoms with E-state index in [0.29, 0.717) is 24.2 Å². The van der Waals surface area contributed by atoms with Crippen molar-refractivity contribution in [3.8, 4) is 0 Å². The summed E-state index contributed by atoms with van der Waals surface area (Å²) in [6.07, 6.45) is 2.50. The fraction of sp³-hybridized carbons (Fsp3) is 0.800. The van der Waals surface area contributed by atoms with E-state index in [2.05, 4.69) is 15.5 Å². The van der Waals surface area contributed by atoms with Crippen molar-refractivity contribution in [1.82, 2.24) is 20.4 Å². The lowest BCUT2D eigenvalue weighted by Gasteiger charge is -2.27. The van der Waals surface area contributed by atoms with Crippen LogP contribution in [0.3, 0.4) is 0 Å². The van der Waals surface area contributed by atoms with Crippen LogP contribution >= 0.6 is 24.2 Å². The number of carbonyl (C=O) groups excluding carboxylic acids is 1. The Hall–Kier alpha value is -0.790. The van der Waals surface area contributed by atoms with Crippen LogP contribution in [0, 0.1) is 0 Å². The third-order valence-electron chi connectivity index (χ3n) is 4.24. The highest BCUT2D eigenvalue weighted by atomic mass is 35.5. The van der Waals surface area contributed by atoms with Crippen LogP contribution in [0.15, 0.2) is 4.52 Å². The summed E-state index contributed by atoms with van der Waals surface area (Å²) in [6, 6.07) is 0.281. The van der Waals surface area contributed by atoms with Crippen LogP contribution in [0.25, 0.3) is 0 Å². The second-order valence-electron chi connectivity index (χ2n) is 6.32. The third-order valence-corrected chi connectivity index (χ3v) is 5.37. The quantitative estimate of drug-likeness (QED) is 0.888. The van der Waals surface area contributed by atoms with Crippen LogP contribution < -0.4 is 5.32 Å². The molecule has 1 aromatic heterocycles. The minimum absolute atomic E-state index is 0. The molecule has 0 spiro atoms. The summed E-state index contributed by atoms with van der Waals surface area (Å²) in [5.41, 5.74) is 0. The van der Waals surface area contributed by atoms with Gasteiger partial charge in [-0.3, -0.25) is 4.79 Å². The molecular formula is C15H25ClN4O2S. The first kappa shape index (κ1) is 18.5. The fourth-order valence-electron chi connectivity index (χ4n) is 3.03. The van der Waals surface area contributed by atoms with Gasteiger partial charge < -0.3 is 14.7 Å². The lowest BCUT2D eigenvalue weighted by Crippen LogP contribution is -2.42. The molecule has 0 aliphatic carbocycles. The summed E-state index contributed by atoms with van der Waals surface area (Å²) in [5, 5.41) is 7.53. The van der Waals surface area contributed by atoms with Gasteiger partial charge in [-0.25, -0.2) is 0 Å². The normalized spacial score (nSPS) is 24.7. The van der Waals surface area contributed by atoms with E-state index in [9.17, 15) is 4.79 Å². The van der Waals surface area contributed by atoms with Gasteiger partial charge in [0.1, 0.15) is 0 Å². The molecule has 0 bridgehead atoms. The Kier molecular flexibility index (Phi) is 6.73. The summed E-state index contributed by atoms with van der Waals surface area (Å²) in [7, 11) is 0. The van der Waals surface area contributed by atoms with Gasteiger partial charge in [-0.2, -0.15) is 16.7 Å². The topological polar surface area (TPSA) is 71.3 Å². The molecule has 6 nitrogen and oxygen atoms in total. The van der Waals surface area contributed by atoms with Gasteiger partial charge in [0.25, 0.3) is 0 Å². The van der Waals surface area contributed by atoms with Crippen LogP contribution in [0.4, 0.5) is 0 Å². The Bertz CT molecular complexity index is 519. The summed E-state index contributed by atoms with van der Waals surface area (Å²) < 4.78 is 5.30. The molecule has 130 valence electrons. The minimum Gasteiger partial charge on any atom is -0.339 e. The molecule has 23 heavy (non-hydrogen) atoms. The van der Waals surface area contributed by atoms with E-state index < -0.39 is 0 Å². The summed E-state index contributed by atoms with van der Waals surface area (Å²) >= 11 is 1.92. The van der Waals surface area contributed by atoms with E-state index in [0.717, 1.165) is 37.4 Å². The molecule has 2 aliphatic rings. The molecule has 1 amide bonds. The summed E-state index contributed by atoms with van der Waals surface area (Å²) in [6.45, 7) is 5.85. The van der Waals surface area contributed by atoms with Crippen molar-refractivity contribution in [3.63, 3.8) is 0 Å². The highest BCUT2D eigenvalue weighted by Crippen LogP contribution is 2.31. The average Bonchev–Trinajstić information content (AvgIpc) is 3.17. The minimum atomic E-state index is -0.0139. The van der Waals surface area contributed by atoms with E-state index in [4.69, 9.17) is 4.52 Å². The number of hydrogen-bond donors (Lipinski definition) is 1. The maximum atomic E-state index is 12.6. The van der Waals surface area contributed by atoms with Gasteiger partial charge in [0, 0.05) is 43.0 Å². The zero-order valence-corrected chi connectivity index (χ0v) is 15.3. The van der Waals surface area contributed by atoms with Gasteiger partial charge in [0.15, 0.2) is 5.82 Å². The molecule has 0 aromatic carbocycles. The van der Waals surface area contributed by atoms with Crippen LogP contribution in [-0.2, 0) is 4.79 Å². The molecule has 2 atom stereocenters. The molecule has 2 saturated heterocycles. The number of hydrogen-bond acceptors (Lipinski definition) is 6. The summed E-state index contributed by atoms with van der Waals surface area (Å²) in [5.74, 6) is 3.90. The smallest absolute Gasteiger partial charge is 0.229 e. The number of carbonyl (C=O) groups is 1. The highest BCUT2D eigenvalue weighted by molar-refractivity contribution is 7.99. The number of nitrogens with zero attached hydrogens (tertiary/aromatic N) is 3. The SMILES string of the molecule is CC(C)c1nc(C2CCCN2C(=O)CC2CSCCN2)no1.Cl. The Labute approximate surface area is 147 Å². The molecule has 2 fully saturated rings. The van der Waals surface area contributed by atoms with Crippen molar-refractivity contribution in [2.75, 3.05) is 24.6 Å². The molecule has 1 N–H and O–H groups in total. The molecule has 3 rings (SSSR count). The molecule has 0 saturated carbocycles. The lowest BCUT2D eigenvalue weighted by molar-refractivity contribution is -0.132. The number of rotatable bonds is 4. The van der Waals surface area contributed by atoms with Gasteiger partial charge in [0.05, 0.1) is 6.04 Å². The second-order valence-corrected chi connectivity index (χ2v) is 7.47. The average molecular weight is 361 g/mol. The zero-order valence-electron chi connectivity index (χ0n) is 13.7. The van der Waals surface area contributed by atoms with Gasteiger partial charge in [-0.05, 0) is 12.8 Å². The fourth-order valence-corrected chi connectivity index (χ4v) is 3.98. The van der Waals surface area contributed by atoms with Crippen molar-refractivity contribution >= 4 is 30.1 Å². The number of nitrogens with one attached hydrogen (secondary N) is 1. The van der Waals surface area contributed by atoms with Crippen molar-refractivity contribution < 1.29 is 9.32 Å². The first-order valence-corrected chi connectivity index (χ1v) is 9.24. The molecule has 8 heteroatoms. The van der Waals surface area contributed by atoms with Gasteiger partial charge in [-0.1, -0.05) is 19.0 Å². The first-order valence-electron chi connectivity index (χ1n) is 8.09. The molecular weight excluding hydrogens is 336 g/mol. The van der Waals surface area contributed by atoms with Crippen molar-refractivity contribution in [1.29, 1.82) is 0 Å². The number of amides is 1. The van der Waals surface area contributed by atoms with Crippen molar-refractivity contribution in [3.05, 3.63) is 11.7 Å². The zero-order chi connectivity index (χ0) is 15.5. The molecule has 2 aliphatic heterocycles. The highest BCUT2D eigenvalue weighted by Gasteiger charge is 2.34. The molecule has 2 unspecified atom stereocenters. The Balaban J connectivity index is 0.00000192. The van der Waals surface area contributed by atoms with E-state index in [1.54, 1.807) is 0 Å². The van der Waals surface area contributed by atoms with E-state index >= 15 is 0 Å². The third kappa shape index (κ3) is 4.39. The van der Waals surface area contributed by atoms with Crippen LogP contribution in [-0.4, -0.2) is 51.6 Å². The predicted molar refractivity (Wildman–Crippen MR) is 93.1 cm³/mol. The van der Waals surface area contributed by atoms with Gasteiger partial charge in [0.2, 0.25) is 11.8 Å². The van der Waals surface area contributed by atoms with E-state index in [1.807, 2.05) is 30.5 Å². The maximum absolute atomic E-state index is 12.6. The standard InChI is InChI=1S/C15H24N4O2S.ClH/c1-10(2)15-17-14(18-21-15)12-4-3-6-19(12)13(20)8-11-9-22-7-5-16-11;/h10-12,16H,3-9H2,1-2H3;1H. The molecule has 3 heterocycles. The Morgan fingerprint density at radius 1 is 1.52 bits per heavy atom. The van der Waals surface area contributed by atoms with Crippen LogP contribution in [0.5, 0.6) is 0 Å². The van der Waals surface area contributed by atoms with Gasteiger partial charge in [-0.15, -0.1) is 12.4 Å². The molecule has 0 radical (unpaired) electrons. The number of halogens is 1. The number of thioether (sulfide) groups is 1. The maximum Gasteiger partial charge on any atom is 0.229 e. The first-order chi connectivity index (χ1) is 10.6. The molecule has 1 aromatic rings. The van der Waals surface area contributed by atoms with E-state index in [1.165, 1.54) is 0 Å². The largest absolute Gasteiger partial charge is 0.339 e. The second kappa shape index (κ2) is 8.35. The lowest BCUT2D eigenvalue weighted by atomic mass is 10.1. The van der Waals surface area contributed by atoms with Crippen molar-refractivity contribution in [2.24, 2.45) is 0 Å².